The van der Waals surface area contributed by atoms with Gasteiger partial charge in [0.25, 0.3) is 0 Å². The maximum atomic E-state index is 12.4. The molecule has 0 aromatic carbocycles. The molecular formula is C12H20F3N3. The minimum absolute atomic E-state index is 0.154. The minimum Gasteiger partial charge on any atom is -0.314 e. The quantitative estimate of drug-likeness (QED) is 0.885. The Kier molecular flexibility index (Phi) is 4.42. The van der Waals surface area contributed by atoms with Gasteiger partial charge >= 0.3 is 6.18 Å². The first-order valence-electron chi connectivity index (χ1n) is 5.93. The van der Waals surface area contributed by atoms with Crippen molar-refractivity contribution in [2.24, 2.45) is 5.41 Å². The van der Waals surface area contributed by atoms with Gasteiger partial charge < -0.3 is 5.32 Å². The van der Waals surface area contributed by atoms with Crippen molar-refractivity contribution >= 4 is 0 Å². The topological polar surface area (TPSA) is 29.9 Å². The van der Waals surface area contributed by atoms with Crippen LogP contribution in [-0.2, 0) is 12.7 Å². The first-order chi connectivity index (χ1) is 8.10. The normalized spacial score (nSPS) is 13.3. The largest absolute Gasteiger partial charge is 0.419 e. The molecule has 18 heavy (non-hydrogen) atoms. The van der Waals surface area contributed by atoms with Gasteiger partial charge in [0.05, 0.1) is 11.8 Å². The van der Waals surface area contributed by atoms with Crippen LogP contribution in [-0.4, -0.2) is 22.4 Å². The van der Waals surface area contributed by atoms with Crippen LogP contribution in [0.4, 0.5) is 13.2 Å². The van der Waals surface area contributed by atoms with Crippen molar-refractivity contribution in [3.05, 3.63) is 18.0 Å². The van der Waals surface area contributed by atoms with Crippen molar-refractivity contribution in [1.82, 2.24) is 15.1 Å². The molecule has 0 bridgehead atoms. The first-order valence-corrected chi connectivity index (χ1v) is 5.93. The van der Waals surface area contributed by atoms with E-state index in [0.717, 1.165) is 18.9 Å². The fraction of sp³-hybridized carbons (Fsp3) is 0.750. The van der Waals surface area contributed by atoms with Crippen molar-refractivity contribution in [3.8, 4) is 0 Å². The number of hydrogen-bond donors (Lipinski definition) is 1. The zero-order valence-corrected chi connectivity index (χ0v) is 11.2. The van der Waals surface area contributed by atoms with Crippen molar-refractivity contribution in [3.63, 3.8) is 0 Å². The highest BCUT2D eigenvalue weighted by Crippen LogP contribution is 2.29. The van der Waals surface area contributed by atoms with E-state index >= 15 is 0 Å². The molecule has 1 aromatic heterocycles. The van der Waals surface area contributed by atoms with Crippen LogP contribution < -0.4 is 5.32 Å². The Morgan fingerprint density at radius 1 is 1.33 bits per heavy atom. The summed E-state index contributed by atoms with van der Waals surface area (Å²) in [5, 5.41) is 7.04. The molecule has 1 aromatic rings. The number of hydrogen-bond acceptors (Lipinski definition) is 2. The number of nitrogens with one attached hydrogen (secondary N) is 1. The SMILES string of the molecule is CC(C)NCC(C)(C)Cn1cc(C(F)(F)F)cn1. The molecule has 0 atom stereocenters. The summed E-state index contributed by atoms with van der Waals surface area (Å²) < 4.78 is 38.6. The van der Waals surface area contributed by atoms with Crippen LogP contribution in [0.2, 0.25) is 0 Å². The second-order valence-corrected chi connectivity index (χ2v) is 5.62. The summed E-state index contributed by atoms with van der Waals surface area (Å²) in [7, 11) is 0. The standard InChI is InChI=1S/C12H20F3N3/c1-9(2)16-7-11(3,4)8-18-6-10(5-17-18)12(13,14)15/h5-6,9,16H,7-8H2,1-4H3. The lowest BCUT2D eigenvalue weighted by Gasteiger charge is -2.26. The Bertz CT molecular complexity index is 380. The summed E-state index contributed by atoms with van der Waals surface area (Å²) in [6.45, 7) is 9.24. The Hall–Kier alpha value is -1.04. The van der Waals surface area contributed by atoms with Gasteiger partial charge in [0.1, 0.15) is 0 Å². The Labute approximate surface area is 105 Å². The summed E-state index contributed by atoms with van der Waals surface area (Å²) in [5.41, 5.74) is -0.853. The van der Waals surface area contributed by atoms with Crippen molar-refractivity contribution in [1.29, 1.82) is 0 Å². The van der Waals surface area contributed by atoms with Crippen molar-refractivity contribution < 1.29 is 13.2 Å². The second kappa shape index (κ2) is 5.30. The lowest BCUT2D eigenvalue weighted by atomic mass is 9.93. The first kappa shape index (κ1) is 15.0. The molecule has 0 saturated carbocycles. The Balaban J connectivity index is 2.64. The summed E-state index contributed by atoms with van der Waals surface area (Å²) in [5.74, 6) is 0. The molecule has 104 valence electrons. The third kappa shape index (κ3) is 4.68. The molecular weight excluding hydrogens is 243 g/mol. The maximum Gasteiger partial charge on any atom is 0.419 e. The molecule has 1 heterocycles. The smallest absolute Gasteiger partial charge is 0.314 e. The summed E-state index contributed by atoms with van der Waals surface area (Å²) >= 11 is 0. The molecule has 0 aliphatic heterocycles. The molecule has 1 N–H and O–H groups in total. The number of halogens is 3. The molecule has 0 radical (unpaired) electrons. The van der Waals surface area contributed by atoms with Gasteiger partial charge in [-0.25, -0.2) is 0 Å². The zero-order valence-electron chi connectivity index (χ0n) is 11.2. The summed E-state index contributed by atoms with van der Waals surface area (Å²) in [6.07, 6.45) is -2.40. The summed E-state index contributed by atoms with van der Waals surface area (Å²) in [6, 6.07) is 0.354. The van der Waals surface area contributed by atoms with Gasteiger partial charge in [0.2, 0.25) is 0 Å². The fourth-order valence-electron chi connectivity index (χ4n) is 1.57. The van der Waals surface area contributed by atoms with E-state index in [1.165, 1.54) is 4.68 Å². The number of aromatic nitrogens is 2. The van der Waals surface area contributed by atoms with Crippen LogP contribution in [0.1, 0.15) is 33.3 Å². The molecule has 3 nitrogen and oxygen atoms in total. The highest BCUT2D eigenvalue weighted by molar-refractivity contribution is 5.08. The molecule has 0 aliphatic rings. The van der Waals surface area contributed by atoms with E-state index in [9.17, 15) is 13.2 Å². The van der Waals surface area contributed by atoms with Crippen LogP contribution in [0.5, 0.6) is 0 Å². The van der Waals surface area contributed by atoms with E-state index in [1.807, 2.05) is 27.7 Å². The third-order valence-electron chi connectivity index (χ3n) is 2.54. The van der Waals surface area contributed by atoms with E-state index in [1.54, 1.807) is 0 Å². The van der Waals surface area contributed by atoms with E-state index in [2.05, 4.69) is 10.4 Å². The van der Waals surface area contributed by atoms with Crippen LogP contribution in [0.15, 0.2) is 12.4 Å². The van der Waals surface area contributed by atoms with Crippen molar-refractivity contribution in [2.75, 3.05) is 6.54 Å². The molecule has 1 rings (SSSR count). The monoisotopic (exact) mass is 263 g/mol. The van der Waals surface area contributed by atoms with Gasteiger partial charge in [-0.15, -0.1) is 0 Å². The molecule has 0 saturated heterocycles. The number of alkyl halides is 3. The van der Waals surface area contributed by atoms with E-state index < -0.39 is 11.7 Å². The average Bonchev–Trinajstić information content (AvgIpc) is 2.62. The lowest BCUT2D eigenvalue weighted by molar-refractivity contribution is -0.137. The Morgan fingerprint density at radius 3 is 2.39 bits per heavy atom. The van der Waals surface area contributed by atoms with E-state index in [-0.39, 0.29) is 5.41 Å². The zero-order chi connectivity index (χ0) is 14.0. The Morgan fingerprint density at radius 2 is 1.94 bits per heavy atom. The molecule has 0 unspecified atom stereocenters. The molecule has 0 fully saturated rings. The lowest BCUT2D eigenvalue weighted by Crippen LogP contribution is -2.36. The van der Waals surface area contributed by atoms with Gasteiger partial charge in [-0.3, -0.25) is 4.68 Å². The van der Waals surface area contributed by atoms with Crippen molar-refractivity contribution in [2.45, 2.75) is 46.5 Å². The maximum absolute atomic E-state index is 12.4. The van der Waals surface area contributed by atoms with Gasteiger partial charge in [-0.2, -0.15) is 18.3 Å². The average molecular weight is 263 g/mol. The fourth-order valence-corrected chi connectivity index (χ4v) is 1.57. The van der Waals surface area contributed by atoms with E-state index in [0.29, 0.717) is 12.6 Å². The summed E-state index contributed by atoms with van der Waals surface area (Å²) in [4.78, 5) is 0. The third-order valence-corrected chi connectivity index (χ3v) is 2.54. The van der Waals surface area contributed by atoms with Crippen LogP contribution in [0.25, 0.3) is 0 Å². The minimum atomic E-state index is -4.32. The van der Waals surface area contributed by atoms with Crippen LogP contribution >= 0.6 is 0 Å². The number of nitrogens with zero attached hydrogens (tertiary/aromatic N) is 2. The second-order valence-electron chi connectivity index (χ2n) is 5.62. The van der Waals surface area contributed by atoms with Crippen LogP contribution in [0, 0.1) is 5.41 Å². The molecule has 6 heteroatoms. The molecule has 0 spiro atoms. The molecule has 0 amide bonds. The van der Waals surface area contributed by atoms with E-state index in [4.69, 9.17) is 0 Å². The van der Waals surface area contributed by atoms with Gasteiger partial charge in [0.15, 0.2) is 0 Å². The van der Waals surface area contributed by atoms with Gasteiger partial charge in [-0.1, -0.05) is 27.7 Å². The van der Waals surface area contributed by atoms with Gasteiger partial charge in [-0.05, 0) is 5.41 Å². The predicted molar refractivity (Wildman–Crippen MR) is 64.1 cm³/mol. The highest BCUT2D eigenvalue weighted by Gasteiger charge is 2.32. The number of rotatable bonds is 5. The molecule has 0 aliphatic carbocycles. The predicted octanol–water partition coefficient (Wildman–Crippen LogP) is 2.93. The van der Waals surface area contributed by atoms with Gasteiger partial charge in [0, 0.05) is 25.3 Å². The van der Waals surface area contributed by atoms with Crippen LogP contribution in [0.3, 0.4) is 0 Å². The highest BCUT2D eigenvalue weighted by atomic mass is 19.4.